The summed E-state index contributed by atoms with van der Waals surface area (Å²) >= 11 is 3.25. The number of benzene rings is 1. The summed E-state index contributed by atoms with van der Waals surface area (Å²) in [6.07, 6.45) is 1.46. The SMILES string of the molecule is CS(=O)(=O)CCCN1C(=O)C(=O)c2c(Br)cccc21. The molecule has 19 heavy (non-hydrogen) atoms. The highest BCUT2D eigenvalue weighted by molar-refractivity contribution is 9.10. The van der Waals surface area contributed by atoms with Gasteiger partial charge in [0.2, 0.25) is 0 Å². The molecule has 0 fully saturated rings. The summed E-state index contributed by atoms with van der Waals surface area (Å²) in [4.78, 5) is 25.1. The zero-order valence-electron chi connectivity index (χ0n) is 10.2. The van der Waals surface area contributed by atoms with Gasteiger partial charge in [-0.1, -0.05) is 6.07 Å². The number of amides is 1. The number of halogens is 1. The van der Waals surface area contributed by atoms with Gasteiger partial charge in [-0.3, -0.25) is 9.59 Å². The topological polar surface area (TPSA) is 71.5 Å². The fourth-order valence-electron chi connectivity index (χ4n) is 2.01. The molecular formula is C12H12BrNO4S. The lowest BCUT2D eigenvalue weighted by Crippen LogP contribution is -2.31. The van der Waals surface area contributed by atoms with E-state index in [-0.39, 0.29) is 12.3 Å². The van der Waals surface area contributed by atoms with Gasteiger partial charge in [-0.05, 0) is 34.5 Å². The summed E-state index contributed by atoms with van der Waals surface area (Å²) < 4.78 is 22.7. The van der Waals surface area contributed by atoms with E-state index in [2.05, 4.69) is 15.9 Å². The summed E-state index contributed by atoms with van der Waals surface area (Å²) in [6, 6.07) is 5.12. The summed E-state index contributed by atoms with van der Waals surface area (Å²) in [5, 5.41) is 0. The van der Waals surface area contributed by atoms with Crippen LogP contribution < -0.4 is 4.90 Å². The van der Waals surface area contributed by atoms with Crippen LogP contribution in [0.3, 0.4) is 0 Å². The van der Waals surface area contributed by atoms with Gasteiger partial charge in [-0.15, -0.1) is 0 Å². The standard InChI is InChI=1S/C12H12BrNO4S/c1-19(17,18)7-3-6-14-9-5-2-4-8(13)10(9)11(15)12(14)16/h2,4-5H,3,6-7H2,1H3. The number of ketones is 1. The molecule has 1 aliphatic rings. The minimum absolute atomic E-state index is 0.00565. The molecule has 0 aliphatic carbocycles. The van der Waals surface area contributed by atoms with Crippen LogP contribution in [0.2, 0.25) is 0 Å². The molecule has 0 aromatic heterocycles. The third-order valence-corrected chi connectivity index (χ3v) is 4.54. The van der Waals surface area contributed by atoms with E-state index in [1.807, 2.05) is 0 Å². The van der Waals surface area contributed by atoms with E-state index in [1.54, 1.807) is 18.2 Å². The molecular weight excluding hydrogens is 334 g/mol. The molecule has 102 valence electrons. The third-order valence-electron chi connectivity index (χ3n) is 2.85. The molecule has 0 saturated heterocycles. The van der Waals surface area contributed by atoms with E-state index in [0.29, 0.717) is 22.1 Å². The van der Waals surface area contributed by atoms with Crippen LogP contribution in [-0.2, 0) is 14.6 Å². The molecule has 1 heterocycles. The lowest BCUT2D eigenvalue weighted by molar-refractivity contribution is -0.114. The summed E-state index contributed by atoms with van der Waals surface area (Å²) in [5.74, 6) is -1.16. The van der Waals surface area contributed by atoms with Crippen LogP contribution in [0.5, 0.6) is 0 Å². The first-order valence-electron chi connectivity index (χ1n) is 5.63. The molecule has 0 bridgehead atoms. The number of anilines is 1. The highest BCUT2D eigenvalue weighted by Gasteiger charge is 2.36. The van der Waals surface area contributed by atoms with Crippen molar-refractivity contribution in [3.05, 3.63) is 28.2 Å². The Hall–Kier alpha value is -1.21. The normalized spacial score (nSPS) is 14.9. The summed E-state index contributed by atoms with van der Waals surface area (Å²) in [6.45, 7) is 0.223. The molecule has 7 heteroatoms. The van der Waals surface area contributed by atoms with Gasteiger partial charge in [-0.25, -0.2) is 8.42 Å². The number of nitrogens with zero attached hydrogens (tertiary/aromatic N) is 1. The maximum Gasteiger partial charge on any atom is 0.299 e. The molecule has 0 spiro atoms. The molecule has 0 atom stereocenters. The van der Waals surface area contributed by atoms with Crippen LogP contribution in [0.4, 0.5) is 5.69 Å². The molecule has 0 radical (unpaired) electrons. The second-order valence-electron chi connectivity index (χ2n) is 4.40. The predicted octanol–water partition coefficient (Wildman–Crippen LogP) is 1.41. The first-order valence-corrected chi connectivity index (χ1v) is 8.49. The van der Waals surface area contributed by atoms with Gasteiger partial charge in [0.05, 0.1) is 17.0 Å². The number of fused-ring (bicyclic) bond motifs is 1. The van der Waals surface area contributed by atoms with Gasteiger partial charge in [0.1, 0.15) is 9.84 Å². The Morgan fingerprint density at radius 1 is 1.26 bits per heavy atom. The van der Waals surface area contributed by atoms with Gasteiger partial charge >= 0.3 is 0 Å². The van der Waals surface area contributed by atoms with Gasteiger partial charge in [0, 0.05) is 17.3 Å². The van der Waals surface area contributed by atoms with Gasteiger partial charge in [0.25, 0.3) is 11.7 Å². The van der Waals surface area contributed by atoms with E-state index in [9.17, 15) is 18.0 Å². The highest BCUT2D eigenvalue weighted by atomic mass is 79.9. The van der Waals surface area contributed by atoms with E-state index in [1.165, 1.54) is 4.90 Å². The number of carbonyl (C=O) groups excluding carboxylic acids is 2. The van der Waals surface area contributed by atoms with Gasteiger partial charge < -0.3 is 4.90 Å². The van der Waals surface area contributed by atoms with Crippen molar-refractivity contribution < 1.29 is 18.0 Å². The average molecular weight is 346 g/mol. The molecule has 5 nitrogen and oxygen atoms in total. The highest BCUT2D eigenvalue weighted by Crippen LogP contribution is 2.34. The second kappa shape index (κ2) is 5.05. The lowest BCUT2D eigenvalue weighted by atomic mass is 10.1. The smallest absolute Gasteiger partial charge is 0.299 e. The number of Topliss-reactive ketones (excluding diaryl/α,β-unsaturated/α-hetero) is 1. The molecule has 0 N–H and O–H groups in total. The predicted molar refractivity (Wildman–Crippen MR) is 75.2 cm³/mol. The molecule has 2 rings (SSSR count). The van der Waals surface area contributed by atoms with E-state index >= 15 is 0 Å². The number of hydrogen-bond acceptors (Lipinski definition) is 4. The first kappa shape index (κ1) is 14.2. The minimum Gasteiger partial charge on any atom is -0.305 e. The van der Waals surface area contributed by atoms with Crippen molar-refractivity contribution in [2.75, 3.05) is 23.5 Å². The number of hydrogen-bond donors (Lipinski definition) is 0. The van der Waals surface area contributed by atoms with Crippen molar-refractivity contribution in [1.29, 1.82) is 0 Å². The van der Waals surface area contributed by atoms with Crippen LogP contribution in [-0.4, -0.2) is 38.7 Å². The van der Waals surface area contributed by atoms with Crippen molar-refractivity contribution in [2.45, 2.75) is 6.42 Å². The fourth-order valence-corrected chi connectivity index (χ4v) is 3.20. The molecule has 1 aliphatic heterocycles. The Morgan fingerprint density at radius 3 is 2.58 bits per heavy atom. The van der Waals surface area contributed by atoms with Crippen molar-refractivity contribution in [1.82, 2.24) is 0 Å². The Balaban J connectivity index is 2.22. The molecule has 1 aromatic carbocycles. The van der Waals surface area contributed by atoms with Crippen LogP contribution in [0.1, 0.15) is 16.8 Å². The lowest BCUT2D eigenvalue weighted by Gasteiger charge is -2.16. The zero-order valence-corrected chi connectivity index (χ0v) is 12.6. The Kier molecular flexibility index (Phi) is 3.78. The largest absolute Gasteiger partial charge is 0.305 e. The van der Waals surface area contributed by atoms with E-state index in [4.69, 9.17) is 0 Å². The number of sulfone groups is 1. The number of carbonyl (C=O) groups is 2. The Labute approximate surface area is 119 Å². The third kappa shape index (κ3) is 2.87. The molecule has 1 aromatic rings. The van der Waals surface area contributed by atoms with Crippen molar-refractivity contribution >= 4 is 43.1 Å². The molecule has 1 amide bonds. The van der Waals surface area contributed by atoms with E-state index < -0.39 is 21.5 Å². The first-order chi connectivity index (χ1) is 8.81. The quantitative estimate of drug-likeness (QED) is 0.773. The van der Waals surface area contributed by atoms with Crippen LogP contribution in [0.25, 0.3) is 0 Å². The van der Waals surface area contributed by atoms with Gasteiger partial charge in [0.15, 0.2) is 0 Å². The van der Waals surface area contributed by atoms with Gasteiger partial charge in [-0.2, -0.15) is 0 Å². The molecule has 0 unspecified atom stereocenters. The monoisotopic (exact) mass is 345 g/mol. The second-order valence-corrected chi connectivity index (χ2v) is 7.52. The summed E-state index contributed by atoms with van der Waals surface area (Å²) in [5.41, 5.74) is 0.893. The maximum absolute atomic E-state index is 11.9. The minimum atomic E-state index is -3.06. The van der Waals surface area contributed by atoms with Crippen molar-refractivity contribution in [3.63, 3.8) is 0 Å². The van der Waals surface area contributed by atoms with Crippen LogP contribution in [0.15, 0.2) is 22.7 Å². The maximum atomic E-state index is 11.9. The van der Waals surface area contributed by atoms with Crippen LogP contribution in [0, 0.1) is 0 Å². The van der Waals surface area contributed by atoms with Crippen molar-refractivity contribution in [3.8, 4) is 0 Å². The van der Waals surface area contributed by atoms with E-state index in [0.717, 1.165) is 6.26 Å². The van der Waals surface area contributed by atoms with Crippen molar-refractivity contribution in [2.24, 2.45) is 0 Å². The number of rotatable bonds is 4. The Morgan fingerprint density at radius 2 is 1.95 bits per heavy atom. The zero-order chi connectivity index (χ0) is 14.2. The summed E-state index contributed by atoms with van der Waals surface area (Å²) in [7, 11) is -3.06. The fraction of sp³-hybridized carbons (Fsp3) is 0.333. The molecule has 0 saturated carbocycles. The Bertz CT molecular complexity index is 654. The van der Waals surface area contributed by atoms with Crippen LogP contribution >= 0.6 is 15.9 Å². The average Bonchev–Trinajstić information content (AvgIpc) is 2.54.